The maximum Gasteiger partial charge on any atom is 0.317 e. The van der Waals surface area contributed by atoms with E-state index in [1.165, 1.54) is 5.56 Å². The molecule has 1 aliphatic rings. The molecule has 0 aromatic heterocycles. The molecule has 0 atom stereocenters. The smallest absolute Gasteiger partial charge is 0.317 e. The fourth-order valence-corrected chi connectivity index (χ4v) is 2.84. The SMILES string of the molecule is Cc1ccc(C2(C(=O)OC(C)(C)C)CCCC2)cc1. The molecule has 0 spiro atoms. The maximum atomic E-state index is 12.6. The molecular weight excluding hydrogens is 236 g/mol. The molecule has 0 N–H and O–H groups in total. The summed E-state index contributed by atoms with van der Waals surface area (Å²) in [6.45, 7) is 7.87. The van der Waals surface area contributed by atoms with Gasteiger partial charge in [-0.3, -0.25) is 4.79 Å². The third kappa shape index (κ3) is 2.99. The number of hydrogen-bond acceptors (Lipinski definition) is 2. The van der Waals surface area contributed by atoms with Crippen molar-refractivity contribution in [2.24, 2.45) is 0 Å². The van der Waals surface area contributed by atoms with Gasteiger partial charge in [-0.2, -0.15) is 0 Å². The summed E-state index contributed by atoms with van der Waals surface area (Å²) in [7, 11) is 0. The fraction of sp³-hybridized carbons (Fsp3) is 0.588. The Labute approximate surface area is 116 Å². The average molecular weight is 260 g/mol. The van der Waals surface area contributed by atoms with Crippen molar-refractivity contribution in [3.63, 3.8) is 0 Å². The minimum atomic E-state index is -0.419. The molecule has 2 nitrogen and oxygen atoms in total. The molecule has 0 unspecified atom stereocenters. The largest absolute Gasteiger partial charge is 0.459 e. The van der Waals surface area contributed by atoms with Gasteiger partial charge in [-0.1, -0.05) is 42.7 Å². The lowest BCUT2D eigenvalue weighted by Crippen LogP contribution is -2.39. The Morgan fingerprint density at radius 1 is 1.11 bits per heavy atom. The number of esters is 1. The Morgan fingerprint density at radius 2 is 1.63 bits per heavy atom. The highest BCUT2D eigenvalue weighted by atomic mass is 16.6. The van der Waals surface area contributed by atoms with Gasteiger partial charge in [0.05, 0.1) is 5.41 Å². The van der Waals surface area contributed by atoms with Gasteiger partial charge < -0.3 is 4.74 Å². The van der Waals surface area contributed by atoms with Gasteiger partial charge in [0.25, 0.3) is 0 Å². The molecule has 0 amide bonds. The molecule has 0 radical (unpaired) electrons. The topological polar surface area (TPSA) is 26.3 Å². The van der Waals surface area contributed by atoms with Crippen LogP contribution in [-0.2, 0) is 14.9 Å². The van der Waals surface area contributed by atoms with Crippen LogP contribution in [0.15, 0.2) is 24.3 Å². The minimum absolute atomic E-state index is 0.0543. The zero-order valence-electron chi connectivity index (χ0n) is 12.5. The van der Waals surface area contributed by atoms with Crippen LogP contribution in [-0.4, -0.2) is 11.6 Å². The average Bonchev–Trinajstić information content (AvgIpc) is 2.78. The van der Waals surface area contributed by atoms with Crippen molar-refractivity contribution >= 4 is 5.97 Å². The second-order valence-corrected chi connectivity index (χ2v) is 6.66. The molecule has 2 heteroatoms. The first kappa shape index (κ1) is 14.1. The van der Waals surface area contributed by atoms with Crippen molar-refractivity contribution in [3.05, 3.63) is 35.4 Å². The van der Waals surface area contributed by atoms with Gasteiger partial charge in [0.1, 0.15) is 5.60 Å². The Kier molecular flexibility index (Phi) is 3.71. The van der Waals surface area contributed by atoms with Gasteiger partial charge in [-0.25, -0.2) is 0 Å². The molecular formula is C17H24O2. The second kappa shape index (κ2) is 4.99. The normalized spacial score (nSPS) is 18.3. The van der Waals surface area contributed by atoms with E-state index in [9.17, 15) is 4.79 Å². The minimum Gasteiger partial charge on any atom is -0.459 e. The third-order valence-corrected chi connectivity index (χ3v) is 3.85. The van der Waals surface area contributed by atoms with E-state index in [0.29, 0.717) is 0 Å². The van der Waals surface area contributed by atoms with Gasteiger partial charge in [0.2, 0.25) is 0 Å². The van der Waals surface area contributed by atoms with Crippen molar-refractivity contribution in [1.82, 2.24) is 0 Å². The summed E-state index contributed by atoms with van der Waals surface area (Å²) < 4.78 is 5.67. The van der Waals surface area contributed by atoms with E-state index in [1.807, 2.05) is 20.8 Å². The van der Waals surface area contributed by atoms with Crippen LogP contribution in [0.25, 0.3) is 0 Å². The highest BCUT2D eigenvalue weighted by Gasteiger charge is 2.45. The van der Waals surface area contributed by atoms with Crippen LogP contribution >= 0.6 is 0 Å². The molecule has 1 aromatic carbocycles. The number of carbonyl (C=O) groups excluding carboxylic acids is 1. The van der Waals surface area contributed by atoms with Crippen LogP contribution in [0.1, 0.15) is 57.6 Å². The second-order valence-electron chi connectivity index (χ2n) is 6.66. The highest BCUT2D eigenvalue weighted by Crippen LogP contribution is 2.43. The van der Waals surface area contributed by atoms with E-state index in [0.717, 1.165) is 31.2 Å². The van der Waals surface area contributed by atoms with Crippen LogP contribution in [0.4, 0.5) is 0 Å². The monoisotopic (exact) mass is 260 g/mol. The number of hydrogen-bond donors (Lipinski definition) is 0. The lowest BCUT2D eigenvalue weighted by molar-refractivity contribution is -0.162. The predicted octanol–water partition coefficient (Wildman–Crippen LogP) is 4.15. The fourth-order valence-electron chi connectivity index (χ4n) is 2.84. The molecule has 2 rings (SSSR count). The molecule has 1 aliphatic carbocycles. The number of benzene rings is 1. The summed E-state index contributed by atoms with van der Waals surface area (Å²) in [4.78, 5) is 12.6. The molecule has 104 valence electrons. The van der Waals surface area contributed by atoms with Crippen LogP contribution in [0, 0.1) is 6.92 Å². The summed E-state index contributed by atoms with van der Waals surface area (Å²) in [5, 5.41) is 0. The van der Waals surface area contributed by atoms with E-state index >= 15 is 0 Å². The molecule has 0 bridgehead atoms. The van der Waals surface area contributed by atoms with Crippen LogP contribution in [0.3, 0.4) is 0 Å². The van der Waals surface area contributed by atoms with Gasteiger partial charge in [-0.05, 0) is 46.1 Å². The number of aryl methyl sites for hydroxylation is 1. The summed E-state index contributed by atoms with van der Waals surface area (Å²) in [5.41, 5.74) is 1.50. The summed E-state index contributed by atoms with van der Waals surface area (Å²) >= 11 is 0. The lowest BCUT2D eigenvalue weighted by Gasteiger charge is -2.31. The molecule has 0 heterocycles. The van der Waals surface area contributed by atoms with Crippen molar-refractivity contribution in [1.29, 1.82) is 0 Å². The van der Waals surface area contributed by atoms with Crippen LogP contribution in [0.2, 0.25) is 0 Å². The predicted molar refractivity (Wildman–Crippen MR) is 77.2 cm³/mol. The molecule has 0 saturated heterocycles. The van der Waals surface area contributed by atoms with E-state index in [1.54, 1.807) is 0 Å². The summed E-state index contributed by atoms with van der Waals surface area (Å²) in [5.74, 6) is -0.0543. The Bertz CT molecular complexity index is 445. The first-order valence-corrected chi connectivity index (χ1v) is 7.14. The van der Waals surface area contributed by atoms with Crippen LogP contribution in [0.5, 0.6) is 0 Å². The third-order valence-electron chi connectivity index (χ3n) is 3.85. The van der Waals surface area contributed by atoms with Crippen LogP contribution < -0.4 is 0 Å². The Morgan fingerprint density at radius 3 is 2.11 bits per heavy atom. The van der Waals surface area contributed by atoms with Crippen molar-refractivity contribution in [2.45, 2.75) is 64.4 Å². The van der Waals surface area contributed by atoms with Gasteiger partial charge >= 0.3 is 5.97 Å². The summed E-state index contributed by atoms with van der Waals surface area (Å²) in [6.07, 6.45) is 4.02. The zero-order chi connectivity index (χ0) is 14.1. The zero-order valence-corrected chi connectivity index (χ0v) is 12.5. The van der Waals surface area contributed by atoms with E-state index in [2.05, 4.69) is 31.2 Å². The molecule has 1 fully saturated rings. The number of rotatable bonds is 2. The maximum absolute atomic E-state index is 12.6. The molecule has 19 heavy (non-hydrogen) atoms. The van der Waals surface area contributed by atoms with Crippen molar-refractivity contribution in [2.75, 3.05) is 0 Å². The van der Waals surface area contributed by atoms with E-state index in [4.69, 9.17) is 4.74 Å². The molecule has 0 aliphatic heterocycles. The molecule has 1 aromatic rings. The van der Waals surface area contributed by atoms with E-state index in [-0.39, 0.29) is 5.97 Å². The Hall–Kier alpha value is -1.31. The number of carbonyl (C=O) groups is 1. The highest BCUT2D eigenvalue weighted by molar-refractivity contribution is 5.84. The Balaban J connectivity index is 2.33. The first-order chi connectivity index (χ1) is 8.83. The van der Waals surface area contributed by atoms with Gasteiger partial charge in [0, 0.05) is 0 Å². The van der Waals surface area contributed by atoms with Gasteiger partial charge in [-0.15, -0.1) is 0 Å². The van der Waals surface area contributed by atoms with Crippen molar-refractivity contribution in [3.8, 4) is 0 Å². The number of ether oxygens (including phenoxy) is 1. The quantitative estimate of drug-likeness (QED) is 0.747. The standard InChI is InChI=1S/C17H24O2/c1-13-7-9-14(10-8-13)17(11-5-6-12-17)15(18)19-16(2,3)4/h7-10H,5-6,11-12H2,1-4H3. The lowest BCUT2D eigenvalue weighted by atomic mass is 9.78. The molecule has 1 saturated carbocycles. The summed E-state index contributed by atoms with van der Waals surface area (Å²) in [6, 6.07) is 8.34. The van der Waals surface area contributed by atoms with Crippen molar-refractivity contribution < 1.29 is 9.53 Å². The first-order valence-electron chi connectivity index (χ1n) is 7.14. The van der Waals surface area contributed by atoms with Gasteiger partial charge in [0.15, 0.2) is 0 Å². The van der Waals surface area contributed by atoms with E-state index < -0.39 is 11.0 Å².